The number of hydrogen-bond donors (Lipinski definition) is 1. The zero-order valence-corrected chi connectivity index (χ0v) is 11.1. The number of rotatable bonds is 6. The quantitative estimate of drug-likeness (QED) is 0.626. The van der Waals surface area contributed by atoms with Crippen LogP contribution in [0.4, 0.5) is 5.69 Å². The zero-order valence-electron chi connectivity index (χ0n) is 9.54. The highest BCUT2D eigenvalue weighted by Gasteiger charge is 2.05. The summed E-state index contributed by atoms with van der Waals surface area (Å²) in [5.74, 6) is 0.709. The van der Waals surface area contributed by atoms with Crippen molar-refractivity contribution in [3.8, 4) is 0 Å². The molecule has 0 fully saturated rings. The molecule has 0 aliphatic carbocycles. The Labute approximate surface area is 105 Å². The van der Waals surface area contributed by atoms with E-state index in [0.29, 0.717) is 16.5 Å². The lowest BCUT2D eigenvalue weighted by Gasteiger charge is -2.04. The summed E-state index contributed by atoms with van der Waals surface area (Å²) in [6, 6.07) is 5.20. The predicted molar refractivity (Wildman–Crippen MR) is 71.3 cm³/mol. The van der Waals surface area contributed by atoms with E-state index in [1.807, 2.05) is 0 Å². The first-order chi connectivity index (χ1) is 7.65. The van der Waals surface area contributed by atoms with Crippen molar-refractivity contribution in [3.63, 3.8) is 0 Å². The Kier molecular flexibility index (Phi) is 5.85. The molecule has 0 heterocycles. The van der Waals surface area contributed by atoms with Crippen LogP contribution in [0.15, 0.2) is 23.1 Å². The molecule has 0 bridgehead atoms. The van der Waals surface area contributed by atoms with E-state index in [1.54, 1.807) is 18.2 Å². The molecule has 0 spiro atoms. The molecule has 90 valence electrons. The molecule has 1 aromatic rings. The van der Waals surface area contributed by atoms with Crippen LogP contribution in [-0.4, -0.2) is 9.96 Å². The Morgan fingerprint density at radius 1 is 1.31 bits per heavy atom. The van der Waals surface area contributed by atoms with Crippen molar-refractivity contribution >= 4 is 28.1 Å². The third-order valence-corrected chi connectivity index (χ3v) is 4.18. The lowest BCUT2D eigenvalue weighted by molar-refractivity contribution is 0.668. The van der Waals surface area contributed by atoms with E-state index in [9.17, 15) is 4.21 Å². The molecule has 4 heteroatoms. The fourth-order valence-electron chi connectivity index (χ4n) is 1.43. The predicted octanol–water partition coefficient (Wildman–Crippen LogP) is 3.61. The average Bonchev–Trinajstić information content (AvgIpc) is 2.28. The van der Waals surface area contributed by atoms with E-state index >= 15 is 0 Å². The summed E-state index contributed by atoms with van der Waals surface area (Å²) >= 11 is 5.88. The van der Waals surface area contributed by atoms with Crippen molar-refractivity contribution in [1.82, 2.24) is 0 Å². The van der Waals surface area contributed by atoms with Crippen molar-refractivity contribution < 1.29 is 4.21 Å². The molecule has 0 saturated carbocycles. The SMILES string of the molecule is CCCCCCS(=O)c1ccc(N)c(Cl)c1. The number of unbranched alkanes of at least 4 members (excludes halogenated alkanes) is 3. The highest BCUT2D eigenvalue weighted by Crippen LogP contribution is 2.22. The largest absolute Gasteiger partial charge is 0.398 e. The van der Waals surface area contributed by atoms with E-state index in [2.05, 4.69) is 6.92 Å². The van der Waals surface area contributed by atoms with Gasteiger partial charge in [-0.1, -0.05) is 37.8 Å². The molecule has 2 N–H and O–H groups in total. The maximum absolute atomic E-state index is 11.9. The van der Waals surface area contributed by atoms with Crippen molar-refractivity contribution in [2.45, 2.75) is 37.5 Å². The Bertz CT molecular complexity index is 368. The van der Waals surface area contributed by atoms with Crippen LogP contribution >= 0.6 is 11.6 Å². The van der Waals surface area contributed by atoms with Crippen molar-refractivity contribution in [1.29, 1.82) is 0 Å². The van der Waals surface area contributed by atoms with Crippen LogP contribution in [0.2, 0.25) is 5.02 Å². The molecule has 2 nitrogen and oxygen atoms in total. The highest BCUT2D eigenvalue weighted by molar-refractivity contribution is 7.85. The van der Waals surface area contributed by atoms with Crippen LogP contribution in [0.1, 0.15) is 32.6 Å². The number of nitrogen functional groups attached to an aromatic ring is 1. The molecule has 0 saturated heterocycles. The second-order valence-corrected chi connectivity index (χ2v) is 5.77. The minimum absolute atomic E-state index is 0.486. The third kappa shape index (κ3) is 4.14. The first-order valence-electron chi connectivity index (χ1n) is 5.58. The van der Waals surface area contributed by atoms with Gasteiger partial charge in [0.15, 0.2) is 0 Å². The molecule has 0 aliphatic rings. The van der Waals surface area contributed by atoms with Gasteiger partial charge in [0.2, 0.25) is 0 Å². The fourth-order valence-corrected chi connectivity index (χ4v) is 2.84. The standard InChI is InChI=1S/C12H18ClNOS/c1-2-3-4-5-8-16(15)10-6-7-12(14)11(13)9-10/h6-7,9H,2-5,8,14H2,1H3. The van der Waals surface area contributed by atoms with Gasteiger partial charge in [-0.15, -0.1) is 0 Å². The van der Waals surface area contributed by atoms with E-state index in [-0.39, 0.29) is 0 Å². The molecule has 1 rings (SSSR count). The fraction of sp³-hybridized carbons (Fsp3) is 0.500. The molecule has 0 radical (unpaired) electrons. The maximum Gasteiger partial charge on any atom is 0.0647 e. The molecular formula is C12H18ClNOS. The normalized spacial score (nSPS) is 12.6. The summed E-state index contributed by atoms with van der Waals surface area (Å²) in [4.78, 5) is 0.774. The van der Waals surface area contributed by atoms with E-state index in [1.165, 1.54) is 12.8 Å². The van der Waals surface area contributed by atoms with Crippen LogP contribution in [0.5, 0.6) is 0 Å². The first-order valence-corrected chi connectivity index (χ1v) is 7.28. The van der Waals surface area contributed by atoms with E-state index in [4.69, 9.17) is 17.3 Å². The monoisotopic (exact) mass is 259 g/mol. The summed E-state index contributed by atoms with van der Waals surface area (Å²) in [5.41, 5.74) is 6.13. The van der Waals surface area contributed by atoms with Gasteiger partial charge in [-0.25, -0.2) is 0 Å². The summed E-state index contributed by atoms with van der Waals surface area (Å²) in [6.07, 6.45) is 4.55. The Morgan fingerprint density at radius 2 is 2.06 bits per heavy atom. The molecule has 0 aliphatic heterocycles. The highest BCUT2D eigenvalue weighted by atomic mass is 35.5. The minimum Gasteiger partial charge on any atom is -0.398 e. The van der Waals surface area contributed by atoms with Gasteiger partial charge < -0.3 is 5.73 Å². The lowest BCUT2D eigenvalue weighted by atomic mass is 10.2. The van der Waals surface area contributed by atoms with Crippen molar-refractivity contribution in [2.24, 2.45) is 0 Å². The molecule has 16 heavy (non-hydrogen) atoms. The van der Waals surface area contributed by atoms with Gasteiger partial charge >= 0.3 is 0 Å². The van der Waals surface area contributed by atoms with E-state index < -0.39 is 10.8 Å². The first kappa shape index (κ1) is 13.5. The minimum atomic E-state index is -0.945. The van der Waals surface area contributed by atoms with Crippen molar-refractivity contribution in [3.05, 3.63) is 23.2 Å². The molecule has 1 aromatic carbocycles. The average molecular weight is 260 g/mol. The van der Waals surface area contributed by atoms with E-state index in [0.717, 1.165) is 17.7 Å². The summed E-state index contributed by atoms with van der Waals surface area (Å²) in [5, 5.41) is 0.486. The van der Waals surface area contributed by atoms with Crippen LogP contribution in [0, 0.1) is 0 Å². The Balaban J connectivity index is 2.50. The molecular weight excluding hydrogens is 242 g/mol. The number of nitrogens with two attached hydrogens (primary N) is 1. The van der Waals surface area contributed by atoms with Gasteiger partial charge in [0, 0.05) is 10.6 Å². The topological polar surface area (TPSA) is 43.1 Å². The van der Waals surface area contributed by atoms with Crippen molar-refractivity contribution in [2.75, 3.05) is 11.5 Å². The number of halogens is 1. The van der Waals surface area contributed by atoms with Gasteiger partial charge in [0.25, 0.3) is 0 Å². The number of benzene rings is 1. The second-order valence-electron chi connectivity index (χ2n) is 3.79. The van der Waals surface area contributed by atoms with Gasteiger partial charge in [0.1, 0.15) is 0 Å². The smallest absolute Gasteiger partial charge is 0.0647 e. The number of hydrogen-bond acceptors (Lipinski definition) is 2. The Hall–Kier alpha value is -0.540. The maximum atomic E-state index is 11.9. The second kappa shape index (κ2) is 6.92. The number of anilines is 1. The van der Waals surface area contributed by atoms with Gasteiger partial charge in [-0.2, -0.15) is 0 Å². The zero-order chi connectivity index (χ0) is 12.0. The Morgan fingerprint density at radius 3 is 2.69 bits per heavy atom. The molecule has 0 amide bonds. The van der Waals surface area contributed by atoms with Crippen LogP contribution in [0.25, 0.3) is 0 Å². The van der Waals surface area contributed by atoms with Crippen LogP contribution < -0.4 is 5.73 Å². The summed E-state index contributed by atoms with van der Waals surface area (Å²) < 4.78 is 11.9. The molecule has 0 aromatic heterocycles. The summed E-state index contributed by atoms with van der Waals surface area (Å²) in [7, 11) is -0.945. The third-order valence-electron chi connectivity index (χ3n) is 2.42. The molecule has 1 atom stereocenters. The molecule has 1 unspecified atom stereocenters. The van der Waals surface area contributed by atoms with Gasteiger partial charge in [0.05, 0.1) is 21.5 Å². The van der Waals surface area contributed by atoms with Gasteiger partial charge in [-0.05, 0) is 24.6 Å². The van der Waals surface area contributed by atoms with Gasteiger partial charge in [-0.3, -0.25) is 4.21 Å². The lowest BCUT2D eigenvalue weighted by Crippen LogP contribution is -1.99. The van der Waals surface area contributed by atoms with Crippen LogP contribution in [0.3, 0.4) is 0 Å². The van der Waals surface area contributed by atoms with Crippen LogP contribution in [-0.2, 0) is 10.8 Å². The summed E-state index contributed by atoms with van der Waals surface area (Å²) in [6.45, 7) is 2.16.